The summed E-state index contributed by atoms with van der Waals surface area (Å²) in [6.07, 6.45) is 4.91. The molecule has 3 rings (SSSR count). The molecule has 1 aliphatic heterocycles. The van der Waals surface area contributed by atoms with Crippen LogP contribution in [0.5, 0.6) is 0 Å². The Morgan fingerprint density at radius 1 is 1.21 bits per heavy atom. The van der Waals surface area contributed by atoms with Gasteiger partial charge in [-0.25, -0.2) is 4.98 Å². The minimum Gasteiger partial charge on any atom is -0.340 e. The number of benzene rings is 1. The zero-order chi connectivity index (χ0) is 17.1. The third-order valence-electron chi connectivity index (χ3n) is 4.64. The first kappa shape index (κ1) is 17.2. The smallest absolute Gasteiger partial charge is 0.227 e. The molecule has 128 valence electrons. The predicted octanol–water partition coefficient (Wildman–Crippen LogP) is 5.37. The molecule has 2 heterocycles. The number of anilines is 3. The van der Waals surface area contributed by atoms with Crippen LogP contribution < -0.4 is 10.2 Å². The van der Waals surface area contributed by atoms with Gasteiger partial charge in [0.05, 0.1) is 0 Å². The Labute approximate surface area is 152 Å². The quantitative estimate of drug-likeness (QED) is 0.764. The predicted molar refractivity (Wildman–Crippen MR) is 104 cm³/mol. The van der Waals surface area contributed by atoms with Crippen molar-refractivity contribution in [3.63, 3.8) is 0 Å². The number of rotatable bonds is 4. The molecule has 1 fully saturated rings. The fourth-order valence-corrected chi connectivity index (χ4v) is 3.63. The van der Waals surface area contributed by atoms with Crippen molar-refractivity contribution >= 4 is 33.4 Å². The second-order valence-corrected chi connectivity index (χ2v) is 7.39. The van der Waals surface area contributed by atoms with Gasteiger partial charge in [-0.1, -0.05) is 28.9 Å². The monoisotopic (exact) mass is 388 g/mol. The summed E-state index contributed by atoms with van der Waals surface area (Å²) in [5.41, 5.74) is 3.25. The van der Waals surface area contributed by atoms with Gasteiger partial charge in [-0.15, -0.1) is 0 Å². The van der Waals surface area contributed by atoms with Crippen LogP contribution in [0.15, 0.2) is 28.7 Å². The van der Waals surface area contributed by atoms with Crippen molar-refractivity contribution in [2.24, 2.45) is 0 Å². The molecule has 4 nitrogen and oxygen atoms in total. The van der Waals surface area contributed by atoms with Gasteiger partial charge in [-0.3, -0.25) is 0 Å². The molecule has 24 heavy (non-hydrogen) atoms. The summed E-state index contributed by atoms with van der Waals surface area (Å²) in [6.45, 7) is 7.42. The van der Waals surface area contributed by atoms with Crippen LogP contribution in [0, 0.1) is 13.8 Å². The minimum absolute atomic E-state index is 0.557. The van der Waals surface area contributed by atoms with Gasteiger partial charge >= 0.3 is 0 Å². The van der Waals surface area contributed by atoms with E-state index in [2.05, 4.69) is 58.2 Å². The Bertz CT molecular complexity index is 717. The van der Waals surface area contributed by atoms with E-state index in [9.17, 15) is 0 Å². The van der Waals surface area contributed by atoms with Crippen molar-refractivity contribution in [2.75, 3.05) is 16.8 Å². The van der Waals surface area contributed by atoms with Gasteiger partial charge in [-0.2, -0.15) is 4.98 Å². The molecule has 0 amide bonds. The van der Waals surface area contributed by atoms with E-state index < -0.39 is 0 Å². The molecule has 0 radical (unpaired) electrons. The van der Waals surface area contributed by atoms with Crippen molar-refractivity contribution in [1.82, 2.24) is 9.97 Å². The molecule has 0 aliphatic carbocycles. The first-order valence-corrected chi connectivity index (χ1v) is 9.51. The van der Waals surface area contributed by atoms with Crippen LogP contribution in [0.3, 0.4) is 0 Å². The lowest BCUT2D eigenvalue weighted by atomic mass is 10.0. The number of halogens is 1. The van der Waals surface area contributed by atoms with E-state index in [1.807, 2.05) is 13.0 Å². The molecule has 1 unspecified atom stereocenters. The molecule has 5 heteroatoms. The second kappa shape index (κ2) is 7.51. The number of nitrogens with one attached hydrogen (secondary N) is 1. The van der Waals surface area contributed by atoms with E-state index in [0.717, 1.165) is 40.6 Å². The average molecular weight is 389 g/mol. The van der Waals surface area contributed by atoms with Crippen LogP contribution in [0.2, 0.25) is 0 Å². The zero-order valence-electron chi connectivity index (χ0n) is 14.6. The molecule has 0 bridgehead atoms. The van der Waals surface area contributed by atoms with Crippen LogP contribution in [0.4, 0.5) is 17.5 Å². The average Bonchev–Trinajstić information content (AvgIpc) is 2.57. The first-order valence-electron chi connectivity index (χ1n) is 8.72. The summed E-state index contributed by atoms with van der Waals surface area (Å²) in [5.74, 6) is 1.71. The van der Waals surface area contributed by atoms with Gasteiger partial charge in [0.15, 0.2) is 0 Å². The van der Waals surface area contributed by atoms with Gasteiger partial charge in [-0.05, 0) is 57.2 Å². The van der Waals surface area contributed by atoms with Crippen molar-refractivity contribution in [3.8, 4) is 0 Å². The molecule has 1 saturated heterocycles. The summed E-state index contributed by atoms with van der Waals surface area (Å²) in [7, 11) is 0. The Kier molecular flexibility index (Phi) is 5.39. The topological polar surface area (TPSA) is 41.1 Å². The van der Waals surface area contributed by atoms with E-state index >= 15 is 0 Å². The van der Waals surface area contributed by atoms with Crippen molar-refractivity contribution in [2.45, 2.75) is 52.5 Å². The molecule has 0 spiro atoms. The van der Waals surface area contributed by atoms with Crippen LogP contribution in [0.25, 0.3) is 0 Å². The Balaban J connectivity index is 1.86. The third-order valence-corrected chi connectivity index (χ3v) is 5.50. The highest BCUT2D eigenvalue weighted by atomic mass is 79.9. The molecule has 1 atom stereocenters. The van der Waals surface area contributed by atoms with Gasteiger partial charge < -0.3 is 10.2 Å². The lowest BCUT2D eigenvalue weighted by Gasteiger charge is -2.35. The summed E-state index contributed by atoms with van der Waals surface area (Å²) < 4.78 is 1.10. The molecule has 1 aromatic carbocycles. The highest BCUT2D eigenvalue weighted by Gasteiger charge is 2.23. The summed E-state index contributed by atoms with van der Waals surface area (Å²) >= 11 is 3.59. The van der Waals surface area contributed by atoms with Crippen LogP contribution in [-0.4, -0.2) is 22.6 Å². The number of aryl methyl sites for hydroxylation is 2. The Hall–Kier alpha value is -1.62. The van der Waals surface area contributed by atoms with Crippen LogP contribution >= 0.6 is 15.9 Å². The van der Waals surface area contributed by atoms with E-state index in [1.165, 1.54) is 24.8 Å². The summed E-state index contributed by atoms with van der Waals surface area (Å²) in [4.78, 5) is 11.9. The van der Waals surface area contributed by atoms with Crippen molar-refractivity contribution in [1.29, 1.82) is 0 Å². The van der Waals surface area contributed by atoms with Gasteiger partial charge in [0, 0.05) is 34.5 Å². The van der Waals surface area contributed by atoms with E-state index in [1.54, 1.807) is 0 Å². The van der Waals surface area contributed by atoms with Gasteiger partial charge in [0.2, 0.25) is 5.95 Å². The van der Waals surface area contributed by atoms with Crippen molar-refractivity contribution in [3.05, 3.63) is 40.0 Å². The SMILES string of the molecule is CCC1CCCCN1c1nc(C)cc(Nc2ccc(C)c(Br)c2)n1. The zero-order valence-corrected chi connectivity index (χ0v) is 16.2. The summed E-state index contributed by atoms with van der Waals surface area (Å²) in [6, 6.07) is 8.82. The van der Waals surface area contributed by atoms with E-state index in [0.29, 0.717) is 6.04 Å². The molecular weight excluding hydrogens is 364 g/mol. The molecule has 1 N–H and O–H groups in total. The second-order valence-electron chi connectivity index (χ2n) is 6.53. The molecule has 2 aromatic rings. The minimum atomic E-state index is 0.557. The van der Waals surface area contributed by atoms with E-state index in [4.69, 9.17) is 9.97 Å². The number of aromatic nitrogens is 2. The normalized spacial score (nSPS) is 17.8. The highest BCUT2D eigenvalue weighted by Crippen LogP contribution is 2.27. The highest BCUT2D eigenvalue weighted by molar-refractivity contribution is 9.10. The van der Waals surface area contributed by atoms with Gasteiger partial charge in [0.25, 0.3) is 0 Å². The number of piperidine rings is 1. The lowest BCUT2D eigenvalue weighted by Crippen LogP contribution is -2.40. The number of hydrogen-bond acceptors (Lipinski definition) is 4. The fraction of sp³-hybridized carbons (Fsp3) is 0.474. The summed E-state index contributed by atoms with van der Waals surface area (Å²) in [5, 5.41) is 3.42. The Morgan fingerprint density at radius 3 is 2.79 bits per heavy atom. The number of nitrogens with zero attached hydrogens (tertiary/aromatic N) is 3. The molecular formula is C19H25BrN4. The van der Waals surface area contributed by atoms with Crippen LogP contribution in [-0.2, 0) is 0 Å². The maximum absolute atomic E-state index is 4.79. The van der Waals surface area contributed by atoms with Crippen LogP contribution in [0.1, 0.15) is 43.9 Å². The van der Waals surface area contributed by atoms with Crippen molar-refractivity contribution < 1.29 is 0 Å². The lowest BCUT2D eigenvalue weighted by molar-refractivity contribution is 0.443. The van der Waals surface area contributed by atoms with Gasteiger partial charge in [0.1, 0.15) is 5.82 Å². The van der Waals surface area contributed by atoms with E-state index in [-0.39, 0.29) is 0 Å². The maximum atomic E-state index is 4.79. The molecule has 1 aliphatic rings. The number of hydrogen-bond donors (Lipinski definition) is 1. The largest absolute Gasteiger partial charge is 0.340 e. The molecule has 0 saturated carbocycles. The first-order chi connectivity index (χ1) is 11.6. The maximum Gasteiger partial charge on any atom is 0.227 e. The standard InChI is InChI=1S/C19H25BrN4/c1-4-16-7-5-6-10-24(16)19-21-14(3)11-18(23-19)22-15-9-8-13(2)17(20)12-15/h8-9,11-12,16H,4-7,10H2,1-3H3,(H,21,22,23). The molecule has 1 aromatic heterocycles. The fourth-order valence-electron chi connectivity index (χ4n) is 3.25. The Morgan fingerprint density at radius 2 is 2.04 bits per heavy atom. The third kappa shape index (κ3) is 3.89.